The smallest absolute Gasteiger partial charge is 0.191 e. The van der Waals surface area contributed by atoms with Crippen molar-refractivity contribution in [2.45, 2.75) is 33.2 Å². The van der Waals surface area contributed by atoms with Gasteiger partial charge in [0.25, 0.3) is 0 Å². The molecule has 172 valence electrons. The van der Waals surface area contributed by atoms with Crippen LogP contribution in [0.3, 0.4) is 0 Å². The molecule has 0 aromatic heterocycles. The van der Waals surface area contributed by atoms with E-state index in [-0.39, 0.29) is 29.4 Å². The van der Waals surface area contributed by atoms with Gasteiger partial charge in [-0.15, -0.1) is 24.0 Å². The van der Waals surface area contributed by atoms with E-state index in [2.05, 4.69) is 67.4 Å². The highest BCUT2D eigenvalue weighted by molar-refractivity contribution is 14.0. The number of ether oxygens (including phenoxy) is 2. The van der Waals surface area contributed by atoms with Crippen LogP contribution in [0.1, 0.15) is 27.2 Å². The molecule has 7 nitrogen and oxygen atoms in total. The lowest BCUT2D eigenvalue weighted by atomic mass is 9.93. The highest BCUT2D eigenvalue weighted by atomic mass is 127. The van der Waals surface area contributed by atoms with E-state index in [1.54, 1.807) is 14.2 Å². The molecule has 1 fully saturated rings. The number of methoxy groups -OCH3 is 2. The Kier molecular flexibility index (Phi) is 11.0. The molecule has 1 unspecified atom stereocenters. The molecule has 2 N–H and O–H groups in total. The van der Waals surface area contributed by atoms with Gasteiger partial charge in [-0.05, 0) is 32.9 Å². The molecule has 0 spiro atoms. The molecule has 30 heavy (non-hydrogen) atoms. The van der Waals surface area contributed by atoms with Gasteiger partial charge in [0.1, 0.15) is 11.5 Å². The molecular formula is C22H40IN5O2. The maximum absolute atomic E-state index is 5.42. The van der Waals surface area contributed by atoms with Crippen molar-refractivity contribution >= 4 is 35.6 Å². The van der Waals surface area contributed by atoms with Crippen LogP contribution in [0, 0.1) is 5.41 Å². The average molecular weight is 533 g/mol. The molecule has 0 aliphatic carbocycles. The largest absolute Gasteiger partial charge is 0.497 e. The monoisotopic (exact) mass is 533 g/mol. The Labute approximate surface area is 199 Å². The summed E-state index contributed by atoms with van der Waals surface area (Å²) in [4.78, 5) is 9.44. The molecule has 1 aliphatic heterocycles. The van der Waals surface area contributed by atoms with Crippen LogP contribution < -0.4 is 25.0 Å². The van der Waals surface area contributed by atoms with E-state index in [4.69, 9.17) is 14.5 Å². The normalized spacial score (nSPS) is 17.0. The summed E-state index contributed by atoms with van der Waals surface area (Å²) in [5.74, 6) is 2.52. The summed E-state index contributed by atoms with van der Waals surface area (Å²) >= 11 is 0. The lowest BCUT2D eigenvalue weighted by Crippen LogP contribution is -2.45. The Morgan fingerprint density at radius 2 is 1.83 bits per heavy atom. The van der Waals surface area contributed by atoms with E-state index < -0.39 is 0 Å². The molecule has 8 heteroatoms. The minimum absolute atomic E-state index is 0. The van der Waals surface area contributed by atoms with Gasteiger partial charge in [-0.2, -0.15) is 0 Å². The van der Waals surface area contributed by atoms with Crippen LogP contribution in [-0.2, 0) is 0 Å². The van der Waals surface area contributed by atoms with Crippen molar-refractivity contribution in [1.29, 1.82) is 0 Å². The lowest BCUT2D eigenvalue weighted by Gasteiger charge is -2.27. The highest BCUT2D eigenvalue weighted by Gasteiger charge is 2.25. The number of anilines is 1. The fourth-order valence-corrected chi connectivity index (χ4v) is 3.80. The fourth-order valence-electron chi connectivity index (χ4n) is 3.80. The molecule has 2 rings (SSSR count). The van der Waals surface area contributed by atoms with Gasteiger partial charge in [0, 0.05) is 62.7 Å². The Bertz CT molecular complexity index is 659. The zero-order valence-corrected chi connectivity index (χ0v) is 21.9. The van der Waals surface area contributed by atoms with Crippen molar-refractivity contribution in [3.63, 3.8) is 0 Å². The van der Waals surface area contributed by atoms with E-state index in [1.165, 1.54) is 0 Å². The number of halogens is 1. The molecule has 0 radical (unpaired) electrons. The number of benzene rings is 1. The summed E-state index contributed by atoms with van der Waals surface area (Å²) in [6.07, 6.45) is 1.06. The Morgan fingerprint density at radius 1 is 1.20 bits per heavy atom. The summed E-state index contributed by atoms with van der Waals surface area (Å²) in [6.45, 7) is 11.2. The average Bonchev–Trinajstić information content (AvgIpc) is 3.13. The van der Waals surface area contributed by atoms with E-state index in [1.807, 2.05) is 6.07 Å². The Hall–Kier alpha value is -1.42. The predicted octanol–water partition coefficient (Wildman–Crippen LogP) is 3.04. The fraction of sp³-hybridized carbons (Fsp3) is 0.682. The first-order chi connectivity index (χ1) is 13.8. The van der Waals surface area contributed by atoms with Gasteiger partial charge >= 0.3 is 0 Å². The number of nitrogens with zero attached hydrogens (tertiary/aromatic N) is 3. The standard InChI is InChI=1S/C22H39N5O2.HI/c1-8-23-21(24-15-22(2,3)16-26(4)5)25-17-9-10-27(14-17)18-11-19(28-6)13-20(12-18)29-7;/h11-13,17H,8-10,14-16H2,1-7H3,(H2,23,24,25);1H. The predicted molar refractivity (Wildman–Crippen MR) is 137 cm³/mol. The van der Waals surface area contributed by atoms with Crippen LogP contribution >= 0.6 is 24.0 Å². The topological polar surface area (TPSA) is 61.4 Å². The number of guanidine groups is 1. The van der Waals surface area contributed by atoms with Crippen LogP contribution in [0.25, 0.3) is 0 Å². The van der Waals surface area contributed by atoms with E-state index in [0.717, 1.165) is 62.3 Å². The van der Waals surface area contributed by atoms with Crippen molar-refractivity contribution in [2.24, 2.45) is 10.4 Å². The maximum Gasteiger partial charge on any atom is 0.191 e. The Morgan fingerprint density at radius 3 is 2.37 bits per heavy atom. The van der Waals surface area contributed by atoms with Gasteiger partial charge in [-0.3, -0.25) is 4.99 Å². The summed E-state index contributed by atoms with van der Waals surface area (Å²) in [5, 5.41) is 7.01. The van der Waals surface area contributed by atoms with E-state index in [0.29, 0.717) is 6.04 Å². The molecule has 0 bridgehead atoms. The lowest BCUT2D eigenvalue weighted by molar-refractivity contribution is 0.248. The van der Waals surface area contributed by atoms with Crippen LogP contribution in [0.5, 0.6) is 11.5 Å². The third-order valence-electron chi connectivity index (χ3n) is 4.98. The van der Waals surface area contributed by atoms with Crippen LogP contribution in [0.4, 0.5) is 5.69 Å². The number of aliphatic imine (C=N–C) groups is 1. The molecule has 0 saturated carbocycles. The third kappa shape index (κ3) is 8.37. The van der Waals surface area contributed by atoms with Gasteiger partial charge < -0.3 is 29.9 Å². The number of hydrogen-bond donors (Lipinski definition) is 2. The van der Waals surface area contributed by atoms with Gasteiger partial charge in [-0.1, -0.05) is 13.8 Å². The molecule has 1 saturated heterocycles. The molecule has 1 atom stereocenters. The first kappa shape index (κ1) is 26.6. The highest BCUT2D eigenvalue weighted by Crippen LogP contribution is 2.30. The van der Waals surface area contributed by atoms with Crippen LogP contribution in [0.15, 0.2) is 23.2 Å². The summed E-state index contributed by atoms with van der Waals surface area (Å²) in [6, 6.07) is 6.38. The second-order valence-electron chi connectivity index (χ2n) is 8.74. The summed E-state index contributed by atoms with van der Waals surface area (Å²) in [7, 11) is 7.58. The minimum atomic E-state index is 0. The number of rotatable bonds is 9. The minimum Gasteiger partial charge on any atom is -0.497 e. The quantitative estimate of drug-likeness (QED) is 0.289. The molecule has 1 aromatic carbocycles. The second kappa shape index (κ2) is 12.4. The van der Waals surface area contributed by atoms with Crippen molar-refractivity contribution < 1.29 is 9.47 Å². The summed E-state index contributed by atoms with van der Waals surface area (Å²) in [5.41, 5.74) is 1.25. The van der Waals surface area contributed by atoms with Gasteiger partial charge in [-0.25, -0.2) is 0 Å². The van der Waals surface area contributed by atoms with E-state index in [9.17, 15) is 0 Å². The summed E-state index contributed by atoms with van der Waals surface area (Å²) < 4.78 is 10.8. The molecular weight excluding hydrogens is 493 g/mol. The molecule has 1 heterocycles. The molecule has 1 aromatic rings. The van der Waals surface area contributed by atoms with Gasteiger partial charge in [0.2, 0.25) is 0 Å². The van der Waals surface area contributed by atoms with Crippen LogP contribution in [0.2, 0.25) is 0 Å². The molecule has 0 amide bonds. The van der Waals surface area contributed by atoms with Crippen LogP contribution in [-0.4, -0.2) is 77.9 Å². The maximum atomic E-state index is 5.42. The van der Waals surface area contributed by atoms with Crippen molar-refractivity contribution in [3.05, 3.63) is 18.2 Å². The van der Waals surface area contributed by atoms with E-state index >= 15 is 0 Å². The SMILES string of the molecule is CCNC(=NCC(C)(C)CN(C)C)NC1CCN(c2cc(OC)cc(OC)c2)C1.I. The first-order valence-corrected chi connectivity index (χ1v) is 10.4. The third-order valence-corrected chi connectivity index (χ3v) is 4.98. The first-order valence-electron chi connectivity index (χ1n) is 10.4. The molecule has 1 aliphatic rings. The zero-order chi connectivity index (χ0) is 21.4. The number of nitrogens with one attached hydrogen (secondary N) is 2. The number of hydrogen-bond acceptors (Lipinski definition) is 5. The zero-order valence-electron chi connectivity index (χ0n) is 19.6. The van der Waals surface area contributed by atoms with Gasteiger partial charge in [0.05, 0.1) is 14.2 Å². The van der Waals surface area contributed by atoms with Crippen molar-refractivity contribution in [1.82, 2.24) is 15.5 Å². The Balaban J connectivity index is 0.00000450. The van der Waals surface area contributed by atoms with Crippen molar-refractivity contribution in [3.8, 4) is 11.5 Å². The second-order valence-corrected chi connectivity index (χ2v) is 8.74. The van der Waals surface area contributed by atoms with Crippen molar-refractivity contribution in [2.75, 3.05) is 65.9 Å². The van der Waals surface area contributed by atoms with Gasteiger partial charge in [0.15, 0.2) is 5.96 Å².